The SMILES string of the molecule is [CH2-]OCC(O)C(O)COC1CC(OCC(O)C(O)CO[CH2-])CC(OCC(O)C(O)CO[CH2-])C1.[CH2-]OCC(O)CCOCCO.[CH2-]OCC(O)CCOCCO.[CH2-]OCC(O)CCOCCO.[Rf].[Rf].[Rf]. The summed E-state index contributed by atoms with van der Waals surface area (Å²) in [5, 5.41) is 111. The third kappa shape index (κ3) is 48.8. The molecule has 0 amide bonds. The van der Waals surface area contributed by atoms with Gasteiger partial charge in [-0.3, -0.25) is 0 Å². The number of hydrogen-bond donors (Lipinski definition) is 12. The summed E-state index contributed by atoms with van der Waals surface area (Å²) in [4.78, 5) is 0. The van der Waals surface area contributed by atoms with Gasteiger partial charge in [-0.25, -0.2) is 42.7 Å². The molecule has 0 aromatic carbocycles. The molecule has 0 aromatic rings. The van der Waals surface area contributed by atoms with Crippen molar-refractivity contribution in [1.82, 2.24) is 0 Å². The van der Waals surface area contributed by atoms with Gasteiger partial charge < -0.3 is 118 Å². The molecular weight excluding hydrogens is 1690 g/mol. The second-order valence-electron chi connectivity index (χ2n) is 14.5. The van der Waals surface area contributed by atoms with Gasteiger partial charge in [0.25, 0.3) is 0 Å². The van der Waals surface area contributed by atoms with Crippen LogP contribution in [-0.2, 0) is 56.8 Å². The van der Waals surface area contributed by atoms with Gasteiger partial charge in [-0.1, -0.05) is 0 Å². The topological polar surface area (TPSA) is 354 Å². The van der Waals surface area contributed by atoms with Crippen LogP contribution in [0.15, 0.2) is 0 Å². The van der Waals surface area contributed by atoms with Gasteiger partial charge in [-0.2, -0.15) is 0 Å². The molecule has 0 saturated heterocycles. The Balaban J connectivity index is -0.000000226. The van der Waals surface area contributed by atoms with E-state index in [0.29, 0.717) is 78.2 Å². The third-order valence-corrected chi connectivity index (χ3v) is 8.71. The second kappa shape index (κ2) is 55.0. The molecule has 0 bridgehead atoms. The zero-order valence-corrected chi connectivity index (χ0v) is 59.7. The molecule has 69 heavy (non-hydrogen) atoms. The fourth-order valence-electron chi connectivity index (χ4n) is 5.13. The predicted molar refractivity (Wildman–Crippen MR) is 233 cm³/mol. The molecule has 0 heterocycles. The predicted octanol–water partition coefficient (Wildman–Crippen LogP) is -3.42. The van der Waals surface area contributed by atoms with Crippen molar-refractivity contribution in [3.63, 3.8) is 0 Å². The standard InChI is InChI=1S/C21H39O12.3C7H15O4.3Rf/c1-28-7-16(22)19(25)10-31-13-4-14(32-11-20(26)17(23)8-29-2)6-15(5-13)33-12-21(27)18(24)9-30-3;3*1-10-6-7(9)2-4-11-5-3-8;;;/h13-27H,1-12H2;3*7-9H,1-6H2;;;/q-3;3*-1;;;. The van der Waals surface area contributed by atoms with Gasteiger partial charge in [-0.15, -0.1) is 0 Å². The maximum atomic E-state index is 9.99. The normalized spacial score (nSPS) is 19.3. The Morgan fingerprint density at radius 3 is 0.710 bits per heavy atom. The van der Waals surface area contributed by atoms with Crippen molar-refractivity contribution in [2.24, 2.45) is 0 Å². The molecule has 9 atom stereocenters. The van der Waals surface area contributed by atoms with E-state index in [1.807, 2.05) is 0 Å². The Labute approximate surface area is 391 Å². The van der Waals surface area contributed by atoms with Crippen molar-refractivity contribution < 1.29 is 118 Å². The van der Waals surface area contributed by atoms with Crippen molar-refractivity contribution in [2.45, 2.75) is 112 Å². The summed E-state index contributed by atoms with van der Waals surface area (Å²) in [6.45, 7) is 2.02. The zero-order chi connectivity index (χ0) is 50.4. The van der Waals surface area contributed by atoms with Crippen LogP contribution in [0.5, 0.6) is 0 Å². The first kappa shape index (κ1) is 76.5. The van der Waals surface area contributed by atoms with Crippen LogP contribution in [0, 0.1) is 42.7 Å². The van der Waals surface area contributed by atoms with E-state index in [-0.39, 0.29) is 79.3 Å². The molecule has 0 radical (unpaired) electrons. The van der Waals surface area contributed by atoms with Gasteiger partial charge >= 0.3 is 0 Å². The van der Waals surface area contributed by atoms with E-state index in [0.717, 1.165) is 0 Å². The number of aliphatic hydroxyl groups excluding tert-OH is 12. The number of rotatable bonds is 39. The molecular formula is C42H84O24Rf3-6. The summed E-state index contributed by atoms with van der Waals surface area (Å²) in [7, 11) is 18.8. The van der Waals surface area contributed by atoms with Crippen LogP contribution in [0.25, 0.3) is 0 Å². The summed E-state index contributed by atoms with van der Waals surface area (Å²) in [6, 6.07) is 0. The summed E-state index contributed by atoms with van der Waals surface area (Å²) in [6.07, 6.45) is -7.15. The molecule has 1 aliphatic rings. The number of ether oxygens (including phenoxy) is 12. The smallest absolute Gasteiger partial charge is 0.105 e. The third-order valence-electron chi connectivity index (χ3n) is 8.71. The molecule has 0 aromatic heterocycles. The van der Waals surface area contributed by atoms with Crippen molar-refractivity contribution in [2.75, 3.05) is 119 Å². The van der Waals surface area contributed by atoms with Gasteiger partial charge in [0.15, 0.2) is 0 Å². The Morgan fingerprint density at radius 1 is 0.319 bits per heavy atom. The molecule has 27 heteroatoms. The van der Waals surface area contributed by atoms with E-state index >= 15 is 0 Å². The minimum atomic E-state index is -1.19. The summed E-state index contributed by atoms with van der Waals surface area (Å²) in [5.41, 5.74) is 0. The Hall–Kier alpha value is -3.96. The van der Waals surface area contributed by atoms with Gasteiger partial charge in [0.05, 0.1) is 96.1 Å². The molecule has 1 aliphatic carbocycles. The Morgan fingerprint density at radius 2 is 0.522 bits per heavy atom. The van der Waals surface area contributed by atoms with Crippen molar-refractivity contribution in [3.05, 3.63) is 42.7 Å². The summed E-state index contributed by atoms with van der Waals surface area (Å²) >= 11 is 0. The minimum absolute atomic E-state index is 0. The fourth-order valence-corrected chi connectivity index (χ4v) is 5.13. The molecule has 0 aliphatic heterocycles. The van der Waals surface area contributed by atoms with E-state index in [4.69, 9.17) is 59.1 Å². The zero-order valence-electron chi connectivity index (χ0n) is 40.5. The van der Waals surface area contributed by atoms with E-state index in [9.17, 15) is 30.6 Å². The average Bonchev–Trinajstić information content (AvgIpc) is 3.29. The Bertz CT molecular complexity index is 849. The van der Waals surface area contributed by atoms with Crippen LogP contribution < -0.4 is 0 Å². The van der Waals surface area contributed by atoms with Crippen molar-refractivity contribution in [3.8, 4) is 0 Å². The summed E-state index contributed by atoms with van der Waals surface area (Å²) < 4.78 is 59.0. The molecule has 0 spiro atoms. The summed E-state index contributed by atoms with van der Waals surface area (Å²) in [5.74, 6) is 0. The quantitative estimate of drug-likeness (QED) is 0.0211. The number of hydrogen-bond acceptors (Lipinski definition) is 24. The van der Waals surface area contributed by atoms with Crippen LogP contribution in [0.4, 0.5) is 0 Å². The van der Waals surface area contributed by atoms with Crippen LogP contribution in [0.3, 0.4) is 0 Å². The molecule has 1 fully saturated rings. The fraction of sp³-hybridized carbons (Fsp3) is 0.857. The van der Waals surface area contributed by atoms with E-state index in [1.54, 1.807) is 0 Å². The van der Waals surface area contributed by atoms with Crippen LogP contribution in [0.2, 0.25) is 0 Å². The maximum absolute atomic E-state index is 9.99. The maximum Gasteiger partial charge on any atom is 0.105 e. The molecule has 1 rings (SSSR count). The molecule has 408 valence electrons. The molecule has 1 saturated carbocycles. The number of aliphatic hydroxyl groups is 12. The first-order valence-corrected chi connectivity index (χ1v) is 21.4. The monoisotopic (exact) mass is 1770 g/mol. The van der Waals surface area contributed by atoms with Crippen molar-refractivity contribution >= 4 is 0 Å². The molecule has 9 unspecified atom stereocenters. The van der Waals surface area contributed by atoms with Gasteiger partial charge in [0.1, 0.15) is 36.6 Å². The average molecular weight is 1770 g/mol. The Kier molecular flexibility index (Phi) is 61.0. The largest absolute Gasteiger partial charge is 0.553 e. The van der Waals surface area contributed by atoms with Crippen molar-refractivity contribution in [1.29, 1.82) is 0 Å². The first-order valence-electron chi connectivity index (χ1n) is 21.4. The minimum Gasteiger partial charge on any atom is -0.553 e. The van der Waals surface area contributed by atoms with E-state index in [1.165, 1.54) is 0 Å². The van der Waals surface area contributed by atoms with Crippen LogP contribution >= 0.6 is 0 Å². The molecule has 12 N–H and O–H groups in total. The van der Waals surface area contributed by atoms with E-state index in [2.05, 4.69) is 71.1 Å². The second-order valence-corrected chi connectivity index (χ2v) is 14.5. The van der Waals surface area contributed by atoms with Crippen LogP contribution in [-0.4, -0.2) is 253 Å². The van der Waals surface area contributed by atoms with E-state index < -0.39 is 73.2 Å². The van der Waals surface area contributed by atoms with Gasteiger partial charge in [-0.05, 0) is 38.5 Å². The first-order chi connectivity index (χ1) is 31.6. The van der Waals surface area contributed by atoms with Crippen LogP contribution in [0.1, 0.15) is 38.5 Å². The molecule has 24 nitrogen and oxygen atoms in total. The van der Waals surface area contributed by atoms with Gasteiger partial charge in [0, 0.05) is 59.5 Å². The van der Waals surface area contributed by atoms with Gasteiger partial charge in [0.2, 0.25) is 0 Å².